The number of sulfonamides is 1. The normalized spacial score (nSPS) is 18.5. The molecule has 0 radical (unpaired) electrons. The van der Waals surface area contributed by atoms with Crippen LogP contribution in [0, 0.1) is 5.92 Å². The molecule has 0 atom stereocenters. The molecule has 1 fully saturated rings. The molecule has 0 aromatic carbocycles. The summed E-state index contributed by atoms with van der Waals surface area (Å²) in [6.45, 7) is 6.75. The average Bonchev–Trinajstić information content (AvgIpc) is 2.94. The van der Waals surface area contributed by atoms with Gasteiger partial charge in [-0.15, -0.1) is 0 Å². The standard InChI is InChI=1S/C14H24N2O3S/c1-3-12-7-9-16(10-8-12)20(17,18)14-6-5-13(19-14)11-15-4-2/h5-6,12,15H,3-4,7-11H2,1-2H3. The molecule has 2 heterocycles. The van der Waals surface area contributed by atoms with E-state index >= 15 is 0 Å². The number of furan rings is 1. The molecular weight excluding hydrogens is 276 g/mol. The summed E-state index contributed by atoms with van der Waals surface area (Å²) in [7, 11) is -3.46. The molecule has 6 heteroatoms. The smallest absolute Gasteiger partial charge is 0.276 e. The maximum atomic E-state index is 12.5. The number of hydrogen-bond acceptors (Lipinski definition) is 4. The van der Waals surface area contributed by atoms with Crippen molar-refractivity contribution in [1.29, 1.82) is 0 Å². The summed E-state index contributed by atoms with van der Waals surface area (Å²) in [5.41, 5.74) is 0. The van der Waals surface area contributed by atoms with Crippen molar-refractivity contribution in [2.75, 3.05) is 19.6 Å². The molecule has 114 valence electrons. The highest BCUT2D eigenvalue weighted by molar-refractivity contribution is 7.89. The highest BCUT2D eigenvalue weighted by Crippen LogP contribution is 2.26. The third kappa shape index (κ3) is 3.42. The van der Waals surface area contributed by atoms with Gasteiger partial charge in [0, 0.05) is 13.1 Å². The van der Waals surface area contributed by atoms with Crippen molar-refractivity contribution < 1.29 is 12.8 Å². The van der Waals surface area contributed by atoms with Crippen LogP contribution >= 0.6 is 0 Å². The van der Waals surface area contributed by atoms with Gasteiger partial charge in [-0.2, -0.15) is 4.31 Å². The highest BCUT2D eigenvalue weighted by Gasteiger charge is 2.31. The van der Waals surface area contributed by atoms with Crippen LogP contribution in [0.3, 0.4) is 0 Å². The monoisotopic (exact) mass is 300 g/mol. The van der Waals surface area contributed by atoms with E-state index in [0.717, 1.165) is 25.8 Å². The Morgan fingerprint density at radius 1 is 1.30 bits per heavy atom. The van der Waals surface area contributed by atoms with Gasteiger partial charge in [-0.3, -0.25) is 0 Å². The van der Waals surface area contributed by atoms with Gasteiger partial charge in [0.2, 0.25) is 5.09 Å². The van der Waals surface area contributed by atoms with Gasteiger partial charge < -0.3 is 9.73 Å². The van der Waals surface area contributed by atoms with Gasteiger partial charge in [-0.25, -0.2) is 8.42 Å². The van der Waals surface area contributed by atoms with E-state index in [1.807, 2.05) is 6.92 Å². The van der Waals surface area contributed by atoms with Crippen LogP contribution in [-0.2, 0) is 16.6 Å². The quantitative estimate of drug-likeness (QED) is 0.875. The first-order valence-electron chi connectivity index (χ1n) is 7.37. The molecule has 0 bridgehead atoms. The summed E-state index contributed by atoms with van der Waals surface area (Å²) in [5, 5.41) is 3.19. The molecule has 2 rings (SSSR count). The van der Waals surface area contributed by atoms with Crippen LogP contribution in [-0.4, -0.2) is 32.4 Å². The van der Waals surface area contributed by atoms with E-state index < -0.39 is 10.0 Å². The van der Waals surface area contributed by atoms with E-state index in [1.54, 1.807) is 16.4 Å². The lowest BCUT2D eigenvalue weighted by Crippen LogP contribution is -2.38. The van der Waals surface area contributed by atoms with Crippen molar-refractivity contribution in [2.24, 2.45) is 5.92 Å². The van der Waals surface area contributed by atoms with Crippen LogP contribution in [0.2, 0.25) is 0 Å². The largest absolute Gasteiger partial charge is 0.447 e. The number of piperidine rings is 1. The lowest BCUT2D eigenvalue weighted by Gasteiger charge is -2.29. The molecule has 1 aliphatic heterocycles. The Morgan fingerprint density at radius 3 is 2.60 bits per heavy atom. The summed E-state index contributed by atoms with van der Waals surface area (Å²) < 4.78 is 32.0. The fourth-order valence-corrected chi connectivity index (χ4v) is 3.92. The maximum Gasteiger partial charge on any atom is 0.276 e. The lowest BCUT2D eigenvalue weighted by atomic mass is 9.96. The first-order chi connectivity index (χ1) is 9.57. The third-order valence-corrected chi connectivity index (χ3v) is 5.70. The molecule has 0 spiro atoms. The van der Waals surface area contributed by atoms with Gasteiger partial charge in [0.25, 0.3) is 10.0 Å². The zero-order chi connectivity index (χ0) is 14.6. The van der Waals surface area contributed by atoms with Crippen LogP contribution < -0.4 is 5.32 Å². The summed E-state index contributed by atoms with van der Waals surface area (Å²) >= 11 is 0. The van der Waals surface area contributed by atoms with Gasteiger partial charge in [0.15, 0.2) is 0 Å². The van der Waals surface area contributed by atoms with E-state index in [0.29, 0.717) is 31.3 Å². The number of nitrogens with one attached hydrogen (secondary N) is 1. The van der Waals surface area contributed by atoms with Crippen molar-refractivity contribution in [3.8, 4) is 0 Å². The zero-order valence-corrected chi connectivity index (χ0v) is 13.1. The summed E-state index contributed by atoms with van der Waals surface area (Å²) in [5.74, 6) is 1.32. The van der Waals surface area contributed by atoms with Gasteiger partial charge in [-0.1, -0.05) is 20.3 Å². The molecular formula is C14H24N2O3S. The fraction of sp³-hybridized carbons (Fsp3) is 0.714. The minimum Gasteiger partial charge on any atom is -0.447 e. The van der Waals surface area contributed by atoms with Gasteiger partial charge in [-0.05, 0) is 37.4 Å². The minimum atomic E-state index is -3.46. The van der Waals surface area contributed by atoms with Gasteiger partial charge >= 0.3 is 0 Å². The Bertz CT molecular complexity index is 516. The molecule has 0 amide bonds. The van der Waals surface area contributed by atoms with Crippen molar-refractivity contribution >= 4 is 10.0 Å². The Balaban J connectivity index is 2.04. The SMILES string of the molecule is CCNCc1ccc(S(=O)(=O)N2CCC(CC)CC2)o1. The molecule has 1 N–H and O–H groups in total. The van der Waals surface area contributed by atoms with Crippen molar-refractivity contribution in [3.63, 3.8) is 0 Å². The molecule has 1 aliphatic rings. The van der Waals surface area contributed by atoms with Crippen molar-refractivity contribution in [3.05, 3.63) is 17.9 Å². The first-order valence-corrected chi connectivity index (χ1v) is 8.81. The van der Waals surface area contributed by atoms with E-state index in [-0.39, 0.29) is 5.09 Å². The van der Waals surface area contributed by atoms with Crippen LogP contribution in [0.15, 0.2) is 21.6 Å². The third-order valence-electron chi connectivity index (χ3n) is 3.93. The van der Waals surface area contributed by atoms with E-state index in [2.05, 4.69) is 12.2 Å². The molecule has 1 aromatic heterocycles. The van der Waals surface area contributed by atoms with Crippen molar-refractivity contribution in [2.45, 2.75) is 44.7 Å². The van der Waals surface area contributed by atoms with Crippen LogP contribution in [0.4, 0.5) is 0 Å². The Hall–Kier alpha value is -0.850. The second-order valence-corrected chi connectivity index (χ2v) is 7.13. The Kier molecular flexibility index (Phi) is 5.23. The van der Waals surface area contributed by atoms with Crippen LogP contribution in [0.1, 0.15) is 38.9 Å². The predicted molar refractivity (Wildman–Crippen MR) is 77.9 cm³/mol. The van der Waals surface area contributed by atoms with Crippen molar-refractivity contribution in [1.82, 2.24) is 9.62 Å². The Morgan fingerprint density at radius 2 is 2.00 bits per heavy atom. The summed E-state index contributed by atoms with van der Waals surface area (Å²) in [6.07, 6.45) is 3.02. The second kappa shape index (κ2) is 6.74. The molecule has 0 saturated carbocycles. The van der Waals surface area contributed by atoms with E-state index in [1.165, 1.54) is 0 Å². The lowest BCUT2D eigenvalue weighted by molar-refractivity contribution is 0.262. The van der Waals surface area contributed by atoms with Gasteiger partial charge in [0.1, 0.15) is 5.76 Å². The summed E-state index contributed by atoms with van der Waals surface area (Å²) in [6, 6.07) is 3.29. The van der Waals surface area contributed by atoms with E-state index in [4.69, 9.17) is 4.42 Å². The highest BCUT2D eigenvalue weighted by atomic mass is 32.2. The fourth-order valence-electron chi connectivity index (χ4n) is 2.53. The van der Waals surface area contributed by atoms with Gasteiger partial charge in [0.05, 0.1) is 6.54 Å². The number of nitrogens with zero attached hydrogens (tertiary/aromatic N) is 1. The molecule has 0 aliphatic carbocycles. The topological polar surface area (TPSA) is 62.6 Å². The summed E-state index contributed by atoms with van der Waals surface area (Å²) in [4.78, 5) is 0. The van der Waals surface area contributed by atoms with Crippen LogP contribution in [0.25, 0.3) is 0 Å². The molecule has 20 heavy (non-hydrogen) atoms. The molecule has 5 nitrogen and oxygen atoms in total. The maximum absolute atomic E-state index is 12.5. The average molecular weight is 300 g/mol. The number of hydrogen-bond donors (Lipinski definition) is 1. The van der Waals surface area contributed by atoms with E-state index in [9.17, 15) is 8.42 Å². The molecule has 1 aromatic rings. The number of rotatable bonds is 6. The minimum absolute atomic E-state index is 0.0698. The molecule has 1 saturated heterocycles. The first kappa shape index (κ1) is 15.5. The zero-order valence-electron chi connectivity index (χ0n) is 12.3. The predicted octanol–water partition coefficient (Wildman–Crippen LogP) is 2.20. The van der Waals surface area contributed by atoms with Crippen LogP contribution in [0.5, 0.6) is 0 Å². The Labute approximate surface area is 121 Å². The second-order valence-electron chi connectivity index (χ2n) is 5.26. The molecule has 0 unspecified atom stereocenters.